The maximum Gasteiger partial charge on any atom is 0.251 e. The molecule has 0 spiro atoms. The second kappa shape index (κ2) is 15.8. The average molecular weight is 549 g/mol. The molecule has 1 amide bonds. The number of halogens is 1. The summed E-state index contributed by atoms with van der Waals surface area (Å²) in [4.78, 5) is 17.7. The highest BCUT2D eigenvalue weighted by molar-refractivity contribution is 5.95. The molecule has 7 heteroatoms. The van der Waals surface area contributed by atoms with Gasteiger partial charge in [0.25, 0.3) is 5.91 Å². The molecular formula is C33H45FN4O2. The van der Waals surface area contributed by atoms with Crippen molar-refractivity contribution < 1.29 is 13.9 Å². The number of ether oxygens (including phenoxy) is 1. The number of hydrogen-bond acceptors (Lipinski definition) is 5. The molecule has 216 valence electrons. The van der Waals surface area contributed by atoms with Crippen molar-refractivity contribution in [3.05, 3.63) is 71.2 Å². The molecule has 3 N–H and O–H groups in total. The summed E-state index contributed by atoms with van der Waals surface area (Å²) in [6, 6.07) is 14.0. The van der Waals surface area contributed by atoms with Crippen LogP contribution in [-0.2, 0) is 6.42 Å². The first-order valence-corrected chi connectivity index (χ1v) is 14.7. The van der Waals surface area contributed by atoms with Crippen LogP contribution < -0.4 is 20.7 Å². The molecule has 1 aromatic heterocycles. The number of nitrogens with zero attached hydrogens (tertiary/aromatic N) is 1. The van der Waals surface area contributed by atoms with Crippen LogP contribution in [0.4, 0.5) is 15.8 Å². The fourth-order valence-corrected chi connectivity index (χ4v) is 4.44. The van der Waals surface area contributed by atoms with Gasteiger partial charge < -0.3 is 20.7 Å². The quantitative estimate of drug-likeness (QED) is 0.201. The standard InChI is InChI=1S/C29H35FN4O2.C4H10/c1-4-5-6-15-36-26-12-9-21(16-25(26)31-3)29(35)32-14-13-23-17-24-19(2)18-33-28(24)27(34-23)20-7-10-22(30)11-8-20;1-3-4-2/h7-12,16-17,19,31,33H,4-6,13-15,18H2,1-3H3,(H,32,35);3-4H2,1-2H3. The largest absolute Gasteiger partial charge is 0.491 e. The van der Waals surface area contributed by atoms with Crippen molar-refractivity contribution in [3.8, 4) is 17.0 Å². The Morgan fingerprint density at radius 3 is 2.48 bits per heavy atom. The summed E-state index contributed by atoms with van der Waals surface area (Å²) in [5.41, 5.74) is 6.19. The Bertz CT molecular complexity index is 1230. The number of nitrogens with one attached hydrogen (secondary N) is 3. The number of rotatable bonds is 12. The fraction of sp³-hybridized carbons (Fsp3) is 0.455. The highest BCUT2D eigenvalue weighted by atomic mass is 19.1. The van der Waals surface area contributed by atoms with Gasteiger partial charge in [-0.05, 0) is 60.5 Å². The molecule has 2 aromatic carbocycles. The van der Waals surface area contributed by atoms with Gasteiger partial charge in [-0.3, -0.25) is 9.78 Å². The Morgan fingerprint density at radius 1 is 1.05 bits per heavy atom. The zero-order valence-electron chi connectivity index (χ0n) is 24.7. The number of pyridine rings is 1. The van der Waals surface area contributed by atoms with Gasteiger partial charge in [0, 0.05) is 49.3 Å². The topological polar surface area (TPSA) is 75.3 Å². The van der Waals surface area contributed by atoms with Crippen LogP contribution in [0.3, 0.4) is 0 Å². The molecule has 4 rings (SSSR count). The number of carbonyl (C=O) groups is 1. The van der Waals surface area contributed by atoms with Crippen LogP contribution in [0.25, 0.3) is 11.3 Å². The lowest BCUT2D eigenvalue weighted by molar-refractivity contribution is 0.0954. The molecule has 1 aliphatic heterocycles. The first-order valence-electron chi connectivity index (χ1n) is 14.7. The van der Waals surface area contributed by atoms with Gasteiger partial charge in [0.2, 0.25) is 0 Å². The Balaban J connectivity index is 0.00000103. The van der Waals surface area contributed by atoms with E-state index in [2.05, 4.69) is 49.7 Å². The monoisotopic (exact) mass is 548 g/mol. The fourth-order valence-electron chi connectivity index (χ4n) is 4.44. The molecule has 2 heterocycles. The van der Waals surface area contributed by atoms with Crippen LogP contribution in [0, 0.1) is 5.82 Å². The van der Waals surface area contributed by atoms with E-state index in [9.17, 15) is 9.18 Å². The normalized spacial score (nSPS) is 13.5. The molecule has 1 atom stereocenters. The van der Waals surface area contributed by atoms with Crippen LogP contribution >= 0.6 is 0 Å². The summed E-state index contributed by atoms with van der Waals surface area (Å²) < 4.78 is 19.3. The predicted octanol–water partition coefficient (Wildman–Crippen LogP) is 7.81. The van der Waals surface area contributed by atoms with Crippen molar-refractivity contribution in [2.24, 2.45) is 0 Å². The lowest BCUT2D eigenvalue weighted by Gasteiger charge is -2.14. The van der Waals surface area contributed by atoms with E-state index in [-0.39, 0.29) is 11.7 Å². The first kappa shape index (κ1) is 30.9. The van der Waals surface area contributed by atoms with Crippen LogP contribution in [0.2, 0.25) is 0 Å². The van der Waals surface area contributed by atoms with Gasteiger partial charge in [0.15, 0.2) is 0 Å². The van der Waals surface area contributed by atoms with E-state index in [1.807, 2.05) is 19.2 Å². The van der Waals surface area contributed by atoms with E-state index in [0.717, 1.165) is 59.9 Å². The highest BCUT2D eigenvalue weighted by Crippen LogP contribution is 2.38. The molecule has 6 nitrogen and oxygen atoms in total. The summed E-state index contributed by atoms with van der Waals surface area (Å²) >= 11 is 0. The molecule has 3 aromatic rings. The lowest BCUT2D eigenvalue weighted by Crippen LogP contribution is -2.26. The molecule has 0 saturated heterocycles. The number of anilines is 2. The van der Waals surface area contributed by atoms with Gasteiger partial charge in [0.1, 0.15) is 11.6 Å². The third-order valence-electron chi connectivity index (χ3n) is 7.02. The van der Waals surface area contributed by atoms with Gasteiger partial charge in [0.05, 0.1) is 23.7 Å². The van der Waals surface area contributed by atoms with Crippen molar-refractivity contribution in [2.75, 3.05) is 37.4 Å². The first-order chi connectivity index (χ1) is 19.4. The number of benzene rings is 2. The van der Waals surface area contributed by atoms with Gasteiger partial charge in [-0.25, -0.2) is 4.39 Å². The summed E-state index contributed by atoms with van der Waals surface area (Å²) in [5.74, 6) is 0.703. The maximum absolute atomic E-state index is 13.5. The smallest absolute Gasteiger partial charge is 0.251 e. The van der Waals surface area contributed by atoms with E-state index in [0.29, 0.717) is 31.1 Å². The van der Waals surface area contributed by atoms with E-state index >= 15 is 0 Å². The Hall–Kier alpha value is -3.61. The minimum atomic E-state index is -0.270. The second-order valence-corrected chi connectivity index (χ2v) is 10.2. The number of aromatic nitrogens is 1. The minimum Gasteiger partial charge on any atom is -0.491 e. The van der Waals surface area contributed by atoms with Gasteiger partial charge in [-0.1, -0.05) is 53.4 Å². The average Bonchev–Trinajstić information content (AvgIpc) is 3.35. The van der Waals surface area contributed by atoms with Gasteiger partial charge in [-0.15, -0.1) is 0 Å². The molecule has 0 saturated carbocycles. The molecule has 1 unspecified atom stereocenters. The highest BCUT2D eigenvalue weighted by Gasteiger charge is 2.24. The number of fused-ring (bicyclic) bond motifs is 1. The minimum absolute atomic E-state index is 0.140. The zero-order chi connectivity index (χ0) is 28.9. The molecule has 0 radical (unpaired) electrons. The summed E-state index contributed by atoms with van der Waals surface area (Å²) in [6.07, 6.45) is 6.52. The number of amides is 1. The zero-order valence-corrected chi connectivity index (χ0v) is 24.7. The SMILES string of the molecule is CCCC.CCCCCOc1ccc(C(=O)NCCc2cc3c(c(-c4ccc(F)cc4)n2)NCC3C)cc1NC. The summed E-state index contributed by atoms with van der Waals surface area (Å²) in [6.45, 7) is 10.7. The van der Waals surface area contributed by atoms with Crippen LogP contribution in [0.5, 0.6) is 5.75 Å². The van der Waals surface area contributed by atoms with E-state index in [1.54, 1.807) is 18.2 Å². The Kier molecular flexibility index (Phi) is 12.3. The van der Waals surface area contributed by atoms with Crippen molar-refractivity contribution in [1.82, 2.24) is 10.3 Å². The van der Waals surface area contributed by atoms with Crippen LogP contribution in [0.1, 0.15) is 87.3 Å². The molecule has 1 aliphatic rings. The van der Waals surface area contributed by atoms with Crippen LogP contribution in [0.15, 0.2) is 48.5 Å². The Morgan fingerprint density at radius 2 is 1.80 bits per heavy atom. The Labute approximate surface area is 239 Å². The second-order valence-electron chi connectivity index (χ2n) is 10.2. The van der Waals surface area contributed by atoms with Crippen molar-refractivity contribution >= 4 is 17.3 Å². The number of unbranched alkanes of at least 4 members (excludes halogenated alkanes) is 3. The maximum atomic E-state index is 13.5. The lowest BCUT2D eigenvalue weighted by atomic mass is 9.99. The van der Waals surface area contributed by atoms with E-state index in [1.165, 1.54) is 30.5 Å². The van der Waals surface area contributed by atoms with Crippen molar-refractivity contribution in [2.45, 2.75) is 72.1 Å². The third-order valence-corrected chi connectivity index (χ3v) is 7.02. The third kappa shape index (κ3) is 8.44. The number of carbonyl (C=O) groups excluding carboxylic acids is 1. The van der Waals surface area contributed by atoms with Crippen molar-refractivity contribution in [3.63, 3.8) is 0 Å². The van der Waals surface area contributed by atoms with Gasteiger partial charge in [-0.2, -0.15) is 0 Å². The van der Waals surface area contributed by atoms with Crippen molar-refractivity contribution in [1.29, 1.82) is 0 Å². The summed E-state index contributed by atoms with van der Waals surface area (Å²) in [7, 11) is 1.82. The van der Waals surface area contributed by atoms with Crippen LogP contribution in [-0.4, -0.2) is 37.6 Å². The van der Waals surface area contributed by atoms with Gasteiger partial charge >= 0.3 is 0 Å². The van der Waals surface area contributed by atoms with E-state index < -0.39 is 0 Å². The molecule has 0 aliphatic carbocycles. The van der Waals surface area contributed by atoms with E-state index in [4.69, 9.17) is 9.72 Å². The molecular weight excluding hydrogens is 503 g/mol. The summed E-state index contributed by atoms with van der Waals surface area (Å²) in [5, 5.41) is 9.58. The molecule has 0 fully saturated rings. The predicted molar refractivity (Wildman–Crippen MR) is 164 cm³/mol. The molecule has 0 bridgehead atoms. The number of hydrogen-bond donors (Lipinski definition) is 3. The molecule has 40 heavy (non-hydrogen) atoms.